The lowest BCUT2D eigenvalue weighted by molar-refractivity contribution is -0.137. The van der Waals surface area contributed by atoms with Gasteiger partial charge in [0.1, 0.15) is 17.8 Å². The van der Waals surface area contributed by atoms with Crippen LogP contribution in [0.15, 0.2) is 61.4 Å². The number of carbonyl (C=O) groups is 1. The molecule has 5 aromatic rings. The molecule has 0 aliphatic carbocycles. The number of alkyl halides is 3. The highest BCUT2D eigenvalue weighted by Gasteiger charge is 2.31. The second kappa shape index (κ2) is 9.90. The fourth-order valence-corrected chi connectivity index (χ4v) is 3.71. The SMILES string of the molecule is Cc1cn(-c2cc(NC(=O)c3ccc(F)c(C#Cc4cnc(-c5ncn[nH]5)n4C)c3)cc(C(F)(F)F)c2)cn1. The van der Waals surface area contributed by atoms with Gasteiger partial charge < -0.3 is 14.5 Å². The van der Waals surface area contributed by atoms with Crippen molar-refractivity contribution in [1.29, 1.82) is 0 Å². The van der Waals surface area contributed by atoms with E-state index in [1.54, 1.807) is 24.7 Å². The average molecular weight is 534 g/mol. The lowest BCUT2D eigenvalue weighted by Gasteiger charge is -2.14. The highest BCUT2D eigenvalue weighted by molar-refractivity contribution is 6.04. The molecular formula is C26H18F4N8O. The predicted molar refractivity (Wildman–Crippen MR) is 132 cm³/mol. The molecule has 0 spiro atoms. The molecule has 0 fully saturated rings. The Hall–Kier alpha value is -5.25. The molecule has 196 valence electrons. The van der Waals surface area contributed by atoms with Gasteiger partial charge in [0, 0.05) is 30.2 Å². The lowest BCUT2D eigenvalue weighted by atomic mass is 10.1. The molecule has 0 bridgehead atoms. The maximum Gasteiger partial charge on any atom is 0.416 e. The molecule has 9 nitrogen and oxygen atoms in total. The number of imidazole rings is 2. The molecule has 2 N–H and O–H groups in total. The van der Waals surface area contributed by atoms with Crippen LogP contribution in [0, 0.1) is 24.6 Å². The summed E-state index contributed by atoms with van der Waals surface area (Å²) in [6, 6.07) is 6.66. The smallest absolute Gasteiger partial charge is 0.322 e. The number of H-pyrrole nitrogens is 1. The van der Waals surface area contributed by atoms with E-state index in [-0.39, 0.29) is 22.5 Å². The van der Waals surface area contributed by atoms with Crippen molar-refractivity contribution >= 4 is 11.6 Å². The molecule has 0 aliphatic heterocycles. The maximum atomic E-state index is 14.5. The lowest BCUT2D eigenvalue weighted by Crippen LogP contribution is -2.14. The monoisotopic (exact) mass is 534 g/mol. The van der Waals surface area contributed by atoms with Gasteiger partial charge in [0.25, 0.3) is 5.91 Å². The number of aromatic nitrogens is 7. The molecule has 13 heteroatoms. The summed E-state index contributed by atoms with van der Waals surface area (Å²) in [5.74, 6) is 4.97. The zero-order chi connectivity index (χ0) is 27.7. The molecule has 0 aliphatic rings. The van der Waals surface area contributed by atoms with Crippen molar-refractivity contribution in [2.45, 2.75) is 13.1 Å². The van der Waals surface area contributed by atoms with E-state index in [0.717, 1.165) is 18.2 Å². The number of aromatic amines is 1. The molecule has 0 saturated heterocycles. The zero-order valence-corrected chi connectivity index (χ0v) is 20.4. The summed E-state index contributed by atoms with van der Waals surface area (Å²) in [7, 11) is 1.70. The second-order valence-electron chi connectivity index (χ2n) is 8.45. The van der Waals surface area contributed by atoms with Crippen LogP contribution >= 0.6 is 0 Å². The van der Waals surface area contributed by atoms with Gasteiger partial charge in [-0.1, -0.05) is 5.92 Å². The highest BCUT2D eigenvalue weighted by atomic mass is 19.4. The van der Waals surface area contributed by atoms with Crippen molar-refractivity contribution in [3.8, 4) is 29.2 Å². The van der Waals surface area contributed by atoms with E-state index in [4.69, 9.17) is 0 Å². The minimum Gasteiger partial charge on any atom is -0.322 e. The molecule has 0 atom stereocenters. The Kier molecular flexibility index (Phi) is 6.45. The average Bonchev–Trinajstić information content (AvgIpc) is 3.64. The summed E-state index contributed by atoms with van der Waals surface area (Å²) in [5.41, 5.74) is 0.0951. The number of hydrogen-bond acceptors (Lipinski definition) is 5. The van der Waals surface area contributed by atoms with Gasteiger partial charge in [-0.05, 0) is 49.2 Å². The third-order valence-electron chi connectivity index (χ3n) is 5.68. The largest absolute Gasteiger partial charge is 0.416 e. The molecule has 39 heavy (non-hydrogen) atoms. The van der Waals surface area contributed by atoms with Crippen LogP contribution in [0.25, 0.3) is 17.3 Å². The third-order valence-corrected chi connectivity index (χ3v) is 5.68. The van der Waals surface area contributed by atoms with Crippen LogP contribution in [0.5, 0.6) is 0 Å². The summed E-state index contributed by atoms with van der Waals surface area (Å²) in [4.78, 5) is 25.2. The minimum absolute atomic E-state index is 0.00509. The number of nitrogens with zero attached hydrogens (tertiary/aromatic N) is 6. The minimum atomic E-state index is -4.65. The van der Waals surface area contributed by atoms with E-state index in [0.29, 0.717) is 23.0 Å². The summed E-state index contributed by atoms with van der Waals surface area (Å²) in [6.45, 7) is 1.70. The van der Waals surface area contributed by atoms with Gasteiger partial charge in [0.15, 0.2) is 11.6 Å². The number of rotatable bonds is 4. The van der Waals surface area contributed by atoms with E-state index >= 15 is 0 Å². The van der Waals surface area contributed by atoms with E-state index in [2.05, 4.69) is 42.3 Å². The Bertz CT molecular complexity index is 1740. The number of anilines is 1. The van der Waals surface area contributed by atoms with Crippen LogP contribution in [0.1, 0.15) is 32.9 Å². The van der Waals surface area contributed by atoms with Gasteiger partial charge in [0.2, 0.25) is 0 Å². The zero-order valence-electron chi connectivity index (χ0n) is 20.4. The molecule has 0 unspecified atom stereocenters. The fraction of sp³-hybridized carbons (Fsp3) is 0.115. The molecule has 1 amide bonds. The molecule has 5 rings (SSSR count). The Labute approximate surface area is 218 Å². The van der Waals surface area contributed by atoms with Crippen molar-refractivity contribution in [3.05, 3.63) is 95.3 Å². The van der Waals surface area contributed by atoms with Gasteiger partial charge in [-0.2, -0.15) is 18.3 Å². The predicted octanol–water partition coefficient (Wildman–Crippen LogP) is 4.51. The molecular weight excluding hydrogens is 516 g/mol. The van der Waals surface area contributed by atoms with Crippen molar-refractivity contribution in [2.75, 3.05) is 5.32 Å². The first kappa shape index (κ1) is 25.4. The van der Waals surface area contributed by atoms with Gasteiger partial charge in [-0.15, -0.1) is 0 Å². The standard InChI is InChI=1S/C26H18F4N8O/c1-15-12-38(14-33-15)21-9-18(26(28,29)30)8-19(10-21)35-25(39)17-4-6-22(27)16(7-17)3-5-20-11-31-24(37(20)2)23-32-13-34-36-23/h4,6-14H,1-2H3,(H,35,39)(H,32,34,36). The van der Waals surface area contributed by atoms with Crippen molar-refractivity contribution in [2.24, 2.45) is 7.05 Å². The van der Waals surface area contributed by atoms with Gasteiger partial charge in [-0.25, -0.2) is 19.3 Å². The van der Waals surface area contributed by atoms with E-state index in [1.165, 1.54) is 41.6 Å². The number of carbonyl (C=O) groups excluding carboxylic acids is 1. The van der Waals surface area contributed by atoms with E-state index in [1.807, 2.05) is 0 Å². The first-order valence-electron chi connectivity index (χ1n) is 11.3. The molecule has 0 saturated carbocycles. The number of benzene rings is 2. The third kappa shape index (κ3) is 5.40. The van der Waals surface area contributed by atoms with Gasteiger partial charge in [0.05, 0.1) is 29.3 Å². The number of nitrogens with one attached hydrogen (secondary N) is 2. The van der Waals surface area contributed by atoms with E-state index < -0.39 is 23.5 Å². The summed E-state index contributed by atoms with van der Waals surface area (Å²) in [5, 5.41) is 8.93. The fourth-order valence-electron chi connectivity index (χ4n) is 3.71. The van der Waals surface area contributed by atoms with Crippen molar-refractivity contribution in [1.82, 2.24) is 34.3 Å². The first-order chi connectivity index (χ1) is 18.6. The summed E-state index contributed by atoms with van der Waals surface area (Å²) >= 11 is 0. The topological polar surface area (TPSA) is 106 Å². The van der Waals surface area contributed by atoms with Crippen LogP contribution in [0.2, 0.25) is 0 Å². The quantitative estimate of drug-likeness (QED) is 0.261. The van der Waals surface area contributed by atoms with E-state index in [9.17, 15) is 22.4 Å². The van der Waals surface area contributed by atoms with Gasteiger partial charge >= 0.3 is 6.18 Å². The molecule has 2 aromatic carbocycles. The van der Waals surface area contributed by atoms with Gasteiger partial charge in [-0.3, -0.25) is 9.89 Å². The van der Waals surface area contributed by atoms with Crippen LogP contribution in [-0.4, -0.2) is 40.2 Å². The summed E-state index contributed by atoms with van der Waals surface area (Å²) in [6.07, 6.45) is 1.09. The number of amides is 1. The van der Waals surface area contributed by atoms with Crippen molar-refractivity contribution < 1.29 is 22.4 Å². The number of halogens is 4. The highest BCUT2D eigenvalue weighted by Crippen LogP contribution is 2.33. The van der Waals surface area contributed by atoms with Crippen LogP contribution in [-0.2, 0) is 13.2 Å². The van der Waals surface area contributed by atoms with Crippen LogP contribution in [0.4, 0.5) is 23.2 Å². The number of hydrogen-bond donors (Lipinski definition) is 2. The first-order valence-corrected chi connectivity index (χ1v) is 11.3. The number of aryl methyl sites for hydroxylation is 1. The van der Waals surface area contributed by atoms with Crippen LogP contribution in [0.3, 0.4) is 0 Å². The van der Waals surface area contributed by atoms with Crippen LogP contribution < -0.4 is 5.32 Å². The Morgan fingerprint density at radius 3 is 2.59 bits per heavy atom. The van der Waals surface area contributed by atoms with Crippen molar-refractivity contribution in [3.63, 3.8) is 0 Å². The Morgan fingerprint density at radius 1 is 1.08 bits per heavy atom. The molecule has 3 heterocycles. The Morgan fingerprint density at radius 2 is 1.90 bits per heavy atom. The normalized spacial score (nSPS) is 11.2. The molecule has 0 radical (unpaired) electrons. The second-order valence-corrected chi connectivity index (χ2v) is 8.45. The molecule has 3 aromatic heterocycles. The Balaban J connectivity index is 1.42. The summed E-state index contributed by atoms with van der Waals surface area (Å²) < 4.78 is 58.2. The maximum absolute atomic E-state index is 14.5.